The zero-order chi connectivity index (χ0) is 13.0. The van der Waals surface area contributed by atoms with E-state index in [2.05, 4.69) is 40.9 Å². The van der Waals surface area contributed by atoms with E-state index >= 15 is 0 Å². The van der Waals surface area contributed by atoms with Crippen molar-refractivity contribution in [1.82, 2.24) is 14.8 Å². The predicted molar refractivity (Wildman–Crippen MR) is 74.3 cm³/mol. The largest absolute Gasteiger partial charge is 0.329 e. The Balaban J connectivity index is 2.16. The summed E-state index contributed by atoms with van der Waals surface area (Å²) in [5.74, 6) is 0. The summed E-state index contributed by atoms with van der Waals surface area (Å²) in [7, 11) is 2.20. The average molecular weight is 248 g/mol. The van der Waals surface area contributed by atoms with Gasteiger partial charge in [0.05, 0.1) is 0 Å². The monoisotopic (exact) mass is 248 g/mol. The summed E-state index contributed by atoms with van der Waals surface area (Å²) in [6.45, 7) is 6.29. The van der Waals surface area contributed by atoms with Crippen LogP contribution >= 0.6 is 0 Å². The van der Waals surface area contributed by atoms with E-state index in [-0.39, 0.29) is 0 Å². The van der Waals surface area contributed by atoms with E-state index in [1.165, 1.54) is 12.0 Å². The van der Waals surface area contributed by atoms with E-state index in [4.69, 9.17) is 5.73 Å². The summed E-state index contributed by atoms with van der Waals surface area (Å²) in [6, 6.07) is 5.10. The van der Waals surface area contributed by atoms with E-state index in [0.29, 0.717) is 18.6 Å². The van der Waals surface area contributed by atoms with E-state index in [1.807, 2.05) is 12.4 Å². The van der Waals surface area contributed by atoms with Gasteiger partial charge in [-0.1, -0.05) is 6.92 Å². The highest BCUT2D eigenvalue weighted by atomic mass is 15.3. The first kappa shape index (κ1) is 13.5. The van der Waals surface area contributed by atoms with Crippen molar-refractivity contribution in [2.45, 2.75) is 25.4 Å². The van der Waals surface area contributed by atoms with Crippen LogP contribution in [0.15, 0.2) is 24.5 Å². The number of nitrogens with zero attached hydrogens (tertiary/aromatic N) is 3. The predicted octanol–water partition coefficient (Wildman–Crippen LogP) is 1.11. The van der Waals surface area contributed by atoms with E-state index in [9.17, 15) is 0 Å². The number of likely N-dealkylation sites (N-methyl/N-ethyl adjacent to an activating group) is 1. The zero-order valence-corrected chi connectivity index (χ0v) is 11.4. The van der Waals surface area contributed by atoms with E-state index in [0.717, 1.165) is 19.6 Å². The van der Waals surface area contributed by atoms with Crippen LogP contribution in [0, 0.1) is 0 Å². The number of piperazine rings is 1. The van der Waals surface area contributed by atoms with Crippen LogP contribution in [0.5, 0.6) is 0 Å². The lowest BCUT2D eigenvalue weighted by molar-refractivity contribution is 0.0521. The minimum atomic E-state index is 0.326. The number of rotatable bonds is 4. The van der Waals surface area contributed by atoms with Crippen molar-refractivity contribution < 1.29 is 0 Å². The molecule has 1 saturated heterocycles. The molecular weight excluding hydrogens is 224 g/mol. The molecule has 2 atom stereocenters. The smallest absolute Gasteiger partial charge is 0.0475 e. The first-order chi connectivity index (χ1) is 8.76. The summed E-state index contributed by atoms with van der Waals surface area (Å²) < 4.78 is 0. The van der Waals surface area contributed by atoms with Crippen molar-refractivity contribution in [3.8, 4) is 0 Å². The Morgan fingerprint density at radius 3 is 2.72 bits per heavy atom. The van der Waals surface area contributed by atoms with Crippen LogP contribution in [-0.4, -0.2) is 54.1 Å². The Hall–Kier alpha value is -0.970. The Bertz CT molecular complexity index is 354. The van der Waals surface area contributed by atoms with Gasteiger partial charge in [-0.05, 0) is 31.2 Å². The van der Waals surface area contributed by atoms with Crippen molar-refractivity contribution in [2.75, 3.05) is 33.2 Å². The third kappa shape index (κ3) is 2.88. The lowest BCUT2D eigenvalue weighted by Crippen LogP contribution is -2.53. The minimum absolute atomic E-state index is 0.326. The maximum atomic E-state index is 6.01. The Morgan fingerprint density at radius 1 is 1.39 bits per heavy atom. The Labute approximate surface area is 110 Å². The van der Waals surface area contributed by atoms with Gasteiger partial charge in [0.2, 0.25) is 0 Å². The second-order valence-corrected chi connectivity index (χ2v) is 5.09. The van der Waals surface area contributed by atoms with Crippen LogP contribution in [0.25, 0.3) is 0 Å². The van der Waals surface area contributed by atoms with Gasteiger partial charge in [0, 0.05) is 50.7 Å². The molecule has 4 nitrogen and oxygen atoms in total. The molecular formula is C14H24N4. The van der Waals surface area contributed by atoms with Crippen LogP contribution in [-0.2, 0) is 0 Å². The third-order valence-electron chi connectivity index (χ3n) is 3.92. The maximum Gasteiger partial charge on any atom is 0.0475 e. The fourth-order valence-electron chi connectivity index (χ4n) is 2.85. The van der Waals surface area contributed by atoms with Crippen molar-refractivity contribution in [3.05, 3.63) is 30.1 Å². The fourth-order valence-corrected chi connectivity index (χ4v) is 2.85. The molecule has 2 heterocycles. The first-order valence-corrected chi connectivity index (χ1v) is 6.80. The summed E-state index contributed by atoms with van der Waals surface area (Å²) in [4.78, 5) is 9.06. The highest BCUT2D eigenvalue weighted by Crippen LogP contribution is 2.25. The number of pyridine rings is 1. The second kappa shape index (κ2) is 6.27. The Kier molecular flexibility index (Phi) is 4.69. The van der Waals surface area contributed by atoms with Crippen LogP contribution in [0.4, 0.5) is 0 Å². The van der Waals surface area contributed by atoms with Gasteiger partial charge in [0.25, 0.3) is 0 Å². The van der Waals surface area contributed by atoms with Crippen LogP contribution in [0.1, 0.15) is 24.9 Å². The minimum Gasteiger partial charge on any atom is -0.329 e. The second-order valence-electron chi connectivity index (χ2n) is 5.09. The molecule has 1 aliphatic heterocycles. The molecule has 1 fully saturated rings. The molecule has 1 aromatic heterocycles. The molecule has 0 amide bonds. The van der Waals surface area contributed by atoms with Gasteiger partial charge in [-0.15, -0.1) is 0 Å². The molecule has 2 unspecified atom stereocenters. The van der Waals surface area contributed by atoms with Gasteiger partial charge in [-0.2, -0.15) is 0 Å². The molecule has 2 rings (SSSR count). The number of hydrogen-bond acceptors (Lipinski definition) is 4. The number of nitrogens with two attached hydrogens (primary N) is 1. The van der Waals surface area contributed by atoms with Gasteiger partial charge in [0.1, 0.15) is 0 Å². The third-order valence-corrected chi connectivity index (χ3v) is 3.92. The molecule has 1 aromatic rings. The molecule has 0 saturated carbocycles. The fraction of sp³-hybridized carbons (Fsp3) is 0.643. The molecule has 2 N–H and O–H groups in total. The molecule has 0 spiro atoms. The molecule has 0 aliphatic carbocycles. The van der Waals surface area contributed by atoms with Crippen LogP contribution in [0.2, 0.25) is 0 Å². The Morgan fingerprint density at radius 2 is 2.11 bits per heavy atom. The molecule has 0 aromatic carbocycles. The normalized spacial score (nSPS) is 24.1. The first-order valence-electron chi connectivity index (χ1n) is 6.80. The van der Waals surface area contributed by atoms with Gasteiger partial charge in [0.15, 0.2) is 0 Å². The molecule has 0 radical (unpaired) electrons. The highest BCUT2D eigenvalue weighted by Gasteiger charge is 2.29. The van der Waals surface area contributed by atoms with E-state index < -0.39 is 0 Å². The van der Waals surface area contributed by atoms with Crippen molar-refractivity contribution >= 4 is 0 Å². The molecule has 4 heteroatoms. The quantitative estimate of drug-likeness (QED) is 0.867. The number of aromatic nitrogens is 1. The lowest BCUT2D eigenvalue weighted by atomic mass is 10.0. The van der Waals surface area contributed by atoms with Crippen molar-refractivity contribution in [3.63, 3.8) is 0 Å². The van der Waals surface area contributed by atoms with Crippen molar-refractivity contribution in [1.29, 1.82) is 0 Å². The van der Waals surface area contributed by atoms with Crippen molar-refractivity contribution in [2.24, 2.45) is 5.73 Å². The lowest BCUT2D eigenvalue weighted by Gasteiger charge is -2.44. The van der Waals surface area contributed by atoms with E-state index in [1.54, 1.807) is 0 Å². The van der Waals surface area contributed by atoms with Gasteiger partial charge < -0.3 is 10.6 Å². The average Bonchev–Trinajstić information content (AvgIpc) is 2.42. The maximum absolute atomic E-state index is 6.01. The number of hydrogen-bond donors (Lipinski definition) is 1. The van der Waals surface area contributed by atoms with Crippen LogP contribution in [0.3, 0.4) is 0 Å². The van der Waals surface area contributed by atoms with Gasteiger partial charge >= 0.3 is 0 Å². The molecule has 0 bridgehead atoms. The SMILES string of the molecule is CCC1CN(C)CCN1C(CN)c1ccncc1. The summed E-state index contributed by atoms with van der Waals surface area (Å²) in [5.41, 5.74) is 7.30. The summed E-state index contributed by atoms with van der Waals surface area (Å²) >= 11 is 0. The van der Waals surface area contributed by atoms with Crippen LogP contribution < -0.4 is 5.73 Å². The summed E-state index contributed by atoms with van der Waals surface area (Å²) in [6.07, 6.45) is 4.88. The summed E-state index contributed by atoms with van der Waals surface area (Å²) in [5, 5.41) is 0. The molecule has 18 heavy (non-hydrogen) atoms. The topological polar surface area (TPSA) is 45.4 Å². The highest BCUT2D eigenvalue weighted by molar-refractivity contribution is 5.16. The molecule has 100 valence electrons. The zero-order valence-electron chi connectivity index (χ0n) is 11.4. The standard InChI is InChI=1S/C14H24N4/c1-3-13-11-17(2)8-9-18(13)14(10-15)12-4-6-16-7-5-12/h4-7,13-14H,3,8-11,15H2,1-2H3. The van der Waals surface area contributed by atoms with Gasteiger partial charge in [-0.3, -0.25) is 9.88 Å². The molecule has 1 aliphatic rings. The van der Waals surface area contributed by atoms with Gasteiger partial charge in [-0.25, -0.2) is 0 Å².